The molecule has 2 aliphatic rings. The molecular weight excluding hydrogens is 130 g/mol. The summed E-state index contributed by atoms with van der Waals surface area (Å²) in [6.45, 7) is 2.49. The van der Waals surface area contributed by atoms with Crippen molar-refractivity contribution < 1.29 is 0 Å². The van der Waals surface area contributed by atoms with Crippen LogP contribution in [0.15, 0.2) is 0 Å². The molecule has 0 aromatic heterocycles. The molecule has 52 valence electrons. The Hall–Kier alpha value is 0.310. The van der Waals surface area contributed by atoms with Gasteiger partial charge in [-0.3, -0.25) is 4.31 Å². The molecule has 0 radical (unpaired) electrons. The summed E-state index contributed by atoms with van der Waals surface area (Å²) in [4.78, 5) is 0. The van der Waals surface area contributed by atoms with Crippen molar-refractivity contribution in [3.05, 3.63) is 0 Å². The van der Waals surface area contributed by atoms with E-state index in [1.807, 2.05) is 0 Å². The van der Waals surface area contributed by atoms with Gasteiger partial charge in [0.1, 0.15) is 0 Å². The molecule has 0 bridgehead atoms. The van der Waals surface area contributed by atoms with Gasteiger partial charge >= 0.3 is 0 Å². The van der Waals surface area contributed by atoms with Gasteiger partial charge in [0.25, 0.3) is 0 Å². The minimum atomic E-state index is 1.00. The van der Waals surface area contributed by atoms with Crippen molar-refractivity contribution in [1.82, 2.24) is 4.31 Å². The van der Waals surface area contributed by atoms with Gasteiger partial charge in [-0.1, -0.05) is 19.2 Å². The first-order valence-corrected chi connectivity index (χ1v) is 4.20. The zero-order chi connectivity index (χ0) is 6.27. The number of rotatable bonds is 0. The minimum Gasteiger partial charge on any atom is -0.253 e. The van der Waals surface area contributed by atoms with Crippen LogP contribution in [0.2, 0.25) is 0 Å². The molecule has 0 amide bonds. The summed E-state index contributed by atoms with van der Waals surface area (Å²) >= 11 is 4.33. The van der Waals surface area contributed by atoms with Crippen molar-refractivity contribution in [1.29, 1.82) is 0 Å². The van der Waals surface area contributed by atoms with Gasteiger partial charge in [0.05, 0.1) is 0 Å². The molecule has 9 heavy (non-hydrogen) atoms. The standard InChI is InChI=1S/C7H13NS/c9-8-4-6-2-1-3-7(6)5-8/h6-7,9H,1-5H2. The molecule has 0 N–H and O–H groups in total. The van der Waals surface area contributed by atoms with Crippen molar-refractivity contribution in [2.24, 2.45) is 11.8 Å². The van der Waals surface area contributed by atoms with Crippen LogP contribution < -0.4 is 0 Å². The van der Waals surface area contributed by atoms with E-state index < -0.39 is 0 Å². The fraction of sp³-hybridized carbons (Fsp3) is 1.00. The maximum absolute atomic E-state index is 4.33. The summed E-state index contributed by atoms with van der Waals surface area (Å²) in [5.74, 6) is 2.00. The second kappa shape index (κ2) is 2.17. The summed E-state index contributed by atoms with van der Waals surface area (Å²) in [7, 11) is 0. The fourth-order valence-electron chi connectivity index (χ4n) is 2.21. The van der Waals surface area contributed by atoms with Crippen LogP contribution >= 0.6 is 12.8 Å². The van der Waals surface area contributed by atoms with Crippen molar-refractivity contribution in [2.75, 3.05) is 13.1 Å². The zero-order valence-corrected chi connectivity index (χ0v) is 6.48. The molecule has 1 aliphatic carbocycles. The van der Waals surface area contributed by atoms with Gasteiger partial charge in [0.2, 0.25) is 0 Å². The third-order valence-corrected chi connectivity index (χ3v) is 3.03. The molecule has 0 aromatic rings. The first-order valence-electron chi connectivity index (χ1n) is 3.80. The molecule has 2 rings (SSSR count). The average molecular weight is 143 g/mol. The lowest BCUT2D eigenvalue weighted by Gasteiger charge is -2.05. The highest BCUT2D eigenvalue weighted by Crippen LogP contribution is 2.37. The average Bonchev–Trinajstić information content (AvgIpc) is 2.22. The molecule has 2 fully saturated rings. The smallest absolute Gasteiger partial charge is 0.0119 e. The lowest BCUT2D eigenvalue weighted by atomic mass is 10.0. The van der Waals surface area contributed by atoms with Gasteiger partial charge < -0.3 is 0 Å². The van der Waals surface area contributed by atoms with Crippen molar-refractivity contribution in [3.63, 3.8) is 0 Å². The second-order valence-electron chi connectivity index (χ2n) is 3.32. The Balaban J connectivity index is 2.02. The topological polar surface area (TPSA) is 3.24 Å². The molecule has 1 saturated heterocycles. The maximum Gasteiger partial charge on any atom is 0.0119 e. The van der Waals surface area contributed by atoms with E-state index >= 15 is 0 Å². The molecule has 0 aromatic carbocycles. The van der Waals surface area contributed by atoms with E-state index in [4.69, 9.17) is 0 Å². The van der Waals surface area contributed by atoms with Crippen LogP contribution in [0.1, 0.15) is 19.3 Å². The van der Waals surface area contributed by atoms with E-state index in [1.54, 1.807) is 0 Å². The highest BCUT2D eigenvalue weighted by Gasteiger charge is 2.34. The number of thiol groups is 1. The molecular formula is C7H13NS. The first kappa shape index (κ1) is 6.05. The number of hydrogen-bond donors (Lipinski definition) is 1. The second-order valence-corrected chi connectivity index (χ2v) is 3.89. The van der Waals surface area contributed by atoms with Crippen LogP contribution in [0.4, 0.5) is 0 Å². The van der Waals surface area contributed by atoms with Gasteiger partial charge in [-0.05, 0) is 24.7 Å². The third kappa shape index (κ3) is 0.987. The van der Waals surface area contributed by atoms with E-state index in [-0.39, 0.29) is 0 Å². The largest absolute Gasteiger partial charge is 0.253 e. The van der Waals surface area contributed by atoms with Crippen LogP contribution in [0.25, 0.3) is 0 Å². The number of nitrogens with zero attached hydrogens (tertiary/aromatic N) is 1. The monoisotopic (exact) mass is 143 g/mol. The fourth-order valence-corrected chi connectivity index (χ4v) is 2.63. The highest BCUT2D eigenvalue weighted by atomic mass is 32.1. The summed E-state index contributed by atoms with van der Waals surface area (Å²) in [5.41, 5.74) is 0. The van der Waals surface area contributed by atoms with Gasteiger partial charge in [0.15, 0.2) is 0 Å². The summed E-state index contributed by atoms with van der Waals surface area (Å²) in [6.07, 6.45) is 4.39. The van der Waals surface area contributed by atoms with E-state index in [0.29, 0.717) is 0 Å². The SMILES string of the molecule is SN1CC2CCCC2C1. The van der Waals surface area contributed by atoms with Crippen LogP contribution in [0.3, 0.4) is 0 Å². The lowest BCUT2D eigenvalue weighted by molar-refractivity contribution is 0.494. The van der Waals surface area contributed by atoms with Crippen molar-refractivity contribution in [3.8, 4) is 0 Å². The highest BCUT2D eigenvalue weighted by molar-refractivity contribution is 7.77. The van der Waals surface area contributed by atoms with Crippen LogP contribution in [-0.2, 0) is 0 Å². The van der Waals surface area contributed by atoms with E-state index in [1.165, 1.54) is 32.4 Å². The van der Waals surface area contributed by atoms with Crippen molar-refractivity contribution in [2.45, 2.75) is 19.3 Å². The zero-order valence-electron chi connectivity index (χ0n) is 5.58. The first-order chi connectivity index (χ1) is 4.36. The van der Waals surface area contributed by atoms with Crippen LogP contribution in [0.5, 0.6) is 0 Å². The third-order valence-electron chi connectivity index (χ3n) is 2.71. The van der Waals surface area contributed by atoms with E-state index in [2.05, 4.69) is 17.1 Å². The Morgan fingerprint density at radius 1 is 1.11 bits per heavy atom. The van der Waals surface area contributed by atoms with Gasteiger partial charge in [-0.2, -0.15) is 0 Å². The summed E-state index contributed by atoms with van der Waals surface area (Å²) in [5, 5.41) is 0. The van der Waals surface area contributed by atoms with Gasteiger partial charge in [-0.25, -0.2) is 0 Å². The van der Waals surface area contributed by atoms with Crippen LogP contribution in [0, 0.1) is 11.8 Å². The Bertz CT molecular complexity index is 103. The van der Waals surface area contributed by atoms with E-state index in [0.717, 1.165) is 11.8 Å². The Labute approximate surface area is 62.0 Å². The van der Waals surface area contributed by atoms with E-state index in [9.17, 15) is 0 Å². The predicted molar refractivity (Wildman–Crippen MR) is 41.4 cm³/mol. The minimum absolute atomic E-state index is 1.00. The Morgan fingerprint density at radius 3 is 2.22 bits per heavy atom. The molecule has 0 spiro atoms. The van der Waals surface area contributed by atoms with Gasteiger partial charge in [0, 0.05) is 13.1 Å². The molecule has 1 heterocycles. The molecule has 2 atom stereocenters. The molecule has 1 aliphatic heterocycles. The quantitative estimate of drug-likeness (QED) is 0.504. The molecule has 2 heteroatoms. The van der Waals surface area contributed by atoms with Crippen LogP contribution in [-0.4, -0.2) is 17.4 Å². The van der Waals surface area contributed by atoms with Crippen molar-refractivity contribution >= 4 is 12.8 Å². The number of hydrogen-bond acceptors (Lipinski definition) is 2. The molecule has 2 unspecified atom stereocenters. The lowest BCUT2D eigenvalue weighted by Crippen LogP contribution is -2.07. The molecule has 1 saturated carbocycles. The maximum atomic E-state index is 4.33. The number of fused-ring (bicyclic) bond motifs is 1. The normalized spacial score (nSPS) is 43.7. The summed E-state index contributed by atoms with van der Waals surface area (Å²) < 4.78 is 2.18. The van der Waals surface area contributed by atoms with Gasteiger partial charge in [-0.15, -0.1) is 0 Å². The Morgan fingerprint density at radius 2 is 1.67 bits per heavy atom. The Kier molecular flexibility index (Phi) is 1.46. The summed E-state index contributed by atoms with van der Waals surface area (Å²) in [6, 6.07) is 0. The molecule has 1 nitrogen and oxygen atoms in total. The predicted octanol–water partition coefficient (Wildman–Crippen LogP) is 1.56.